The SMILES string of the molecule is COC(=O)Nc1ccc2c(c1)NC(=O)CC/C=C/CC(N1CCC(c3cccc(Cl)c3)OC1=O)c1nc-2c[nH]1. The van der Waals surface area contributed by atoms with E-state index in [0.29, 0.717) is 59.3 Å². The highest BCUT2D eigenvalue weighted by Gasteiger charge is 2.35. The van der Waals surface area contributed by atoms with E-state index in [4.69, 9.17) is 21.3 Å². The van der Waals surface area contributed by atoms with Gasteiger partial charge in [0.05, 0.1) is 24.5 Å². The molecule has 1 fully saturated rings. The molecule has 0 spiro atoms. The zero-order valence-electron chi connectivity index (χ0n) is 21.3. The number of fused-ring (bicyclic) bond motifs is 4. The molecule has 3 aromatic rings. The van der Waals surface area contributed by atoms with Crippen molar-refractivity contribution in [3.63, 3.8) is 0 Å². The number of methoxy groups -OCH3 is 1. The number of hydrogen-bond acceptors (Lipinski definition) is 6. The minimum Gasteiger partial charge on any atom is -0.453 e. The van der Waals surface area contributed by atoms with Gasteiger partial charge in [0.25, 0.3) is 0 Å². The second kappa shape index (κ2) is 11.6. The number of aromatic nitrogens is 2. The van der Waals surface area contributed by atoms with Crippen molar-refractivity contribution in [2.24, 2.45) is 0 Å². The predicted octanol–water partition coefficient (Wildman–Crippen LogP) is 6.21. The molecule has 39 heavy (non-hydrogen) atoms. The molecule has 1 saturated heterocycles. The van der Waals surface area contributed by atoms with Gasteiger partial charge in [0.15, 0.2) is 0 Å². The van der Waals surface area contributed by atoms with Crippen molar-refractivity contribution < 1.29 is 23.9 Å². The molecule has 0 saturated carbocycles. The van der Waals surface area contributed by atoms with Gasteiger partial charge >= 0.3 is 12.2 Å². The number of allylic oxidation sites excluding steroid dienone is 1. The van der Waals surface area contributed by atoms with E-state index in [1.807, 2.05) is 30.4 Å². The highest BCUT2D eigenvalue weighted by molar-refractivity contribution is 6.30. The lowest BCUT2D eigenvalue weighted by atomic mass is 10.0. The predicted molar refractivity (Wildman–Crippen MR) is 146 cm³/mol. The first-order chi connectivity index (χ1) is 18.9. The number of nitrogens with zero attached hydrogens (tertiary/aromatic N) is 2. The molecule has 2 aliphatic heterocycles. The number of H-pyrrole nitrogens is 1. The Hall–Kier alpha value is -4.31. The summed E-state index contributed by atoms with van der Waals surface area (Å²) in [5.74, 6) is 0.426. The van der Waals surface area contributed by atoms with E-state index in [9.17, 15) is 14.4 Å². The molecule has 202 valence electrons. The van der Waals surface area contributed by atoms with E-state index >= 15 is 0 Å². The average Bonchev–Trinajstić information content (AvgIpc) is 3.40. The number of carbonyl (C=O) groups excluding carboxylic acids is 3. The third-order valence-corrected chi connectivity index (χ3v) is 6.92. The van der Waals surface area contributed by atoms with Gasteiger partial charge in [-0.2, -0.15) is 0 Å². The maximum absolute atomic E-state index is 13.2. The van der Waals surface area contributed by atoms with E-state index in [-0.39, 0.29) is 18.4 Å². The van der Waals surface area contributed by atoms with E-state index in [1.54, 1.807) is 35.4 Å². The van der Waals surface area contributed by atoms with E-state index in [2.05, 4.69) is 20.4 Å². The standard InChI is InChI=1S/C28H28ClN5O5/c1-38-27(36)31-19-10-11-20-21(15-19)32-25(35)9-4-2-3-8-23(26-30-16-22(20)33-26)34-13-12-24(39-28(34)37)17-6-5-7-18(29)14-17/h2-3,5-7,10-11,14-16,23-24H,4,8-9,12-13H2,1H3,(H,30,33)(H,31,36)(H,32,35)/b3-2+. The molecule has 0 aliphatic carbocycles. The largest absolute Gasteiger partial charge is 0.453 e. The highest BCUT2D eigenvalue weighted by atomic mass is 35.5. The molecule has 10 nitrogen and oxygen atoms in total. The molecular formula is C28H28ClN5O5. The number of rotatable bonds is 3. The molecule has 1 aromatic heterocycles. The van der Waals surface area contributed by atoms with Gasteiger partial charge in [-0.3, -0.25) is 15.0 Å². The Labute approximate surface area is 230 Å². The summed E-state index contributed by atoms with van der Waals surface area (Å²) in [5.41, 5.74) is 3.06. The molecule has 2 aliphatic rings. The number of hydrogen-bond donors (Lipinski definition) is 3. The summed E-state index contributed by atoms with van der Waals surface area (Å²) in [6.45, 7) is 0.476. The van der Waals surface area contributed by atoms with Crippen molar-refractivity contribution in [3.05, 3.63) is 77.2 Å². The normalized spacial score (nSPS) is 20.3. The van der Waals surface area contributed by atoms with Crippen LogP contribution in [0.1, 0.15) is 49.2 Å². The van der Waals surface area contributed by atoms with Crippen LogP contribution in [0.15, 0.2) is 60.8 Å². The fraction of sp³-hybridized carbons (Fsp3) is 0.286. The van der Waals surface area contributed by atoms with Gasteiger partial charge in [-0.25, -0.2) is 14.6 Å². The third kappa shape index (κ3) is 6.06. The van der Waals surface area contributed by atoms with Gasteiger partial charge in [0.2, 0.25) is 5.91 Å². The van der Waals surface area contributed by atoms with Gasteiger partial charge in [-0.1, -0.05) is 35.9 Å². The van der Waals surface area contributed by atoms with Crippen LogP contribution in [0.4, 0.5) is 21.0 Å². The maximum Gasteiger partial charge on any atom is 0.411 e. The molecule has 2 bridgehead atoms. The Kier molecular flexibility index (Phi) is 7.83. The molecule has 3 heterocycles. The maximum atomic E-state index is 13.2. The number of benzene rings is 2. The highest BCUT2D eigenvalue weighted by Crippen LogP contribution is 2.36. The zero-order valence-corrected chi connectivity index (χ0v) is 22.0. The lowest BCUT2D eigenvalue weighted by Crippen LogP contribution is -2.41. The quantitative estimate of drug-likeness (QED) is 0.333. The van der Waals surface area contributed by atoms with Crippen LogP contribution in [0.5, 0.6) is 0 Å². The van der Waals surface area contributed by atoms with E-state index in [0.717, 1.165) is 5.56 Å². The molecular weight excluding hydrogens is 522 g/mol. The summed E-state index contributed by atoms with van der Waals surface area (Å²) in [7, 11) is 1.28. The minimum absolute atomic E-state index is 0.172. The number of amides is 3. The fourth-order valence-electron chi connectivity index (χ4n) is 4.74. The minimum atomic E-state index is -0.619. The first-order valence-corrected chi connectivity index (χ1v) is 13.0. The summed E-state index contributed by atoms with van der Waals surface area (Å²) in [4.78, 5) is 47.3. The monoisotopic (exact) mass is 549 g/mol. The number of nitrogens with one attached hydrogen (secondary N) is 3. The summed E-state index contributed by atoms with van der Waals surface area (Å²) in [6, 6.07) is 12.1. The summed E-state index contributed by atoms with van der Waals surface area (Å²) < 4.78 is 10.5. The van der Waals surface area contributed by atoms with Crippen LogP contribution in [0.25, 0.3) is 11.3 Å². The number of carbonyl (C=O) groups is 3. The smallest absolute Gasteiger partial charge is 0.411 e. The van der Waals surface area contributed by atoms with Gasteiger partial charge < -0.3 is 19.8 Å². The Morgan fingerprint density at radius 2 is 2.08 bits per heavy atom. The summed E-state index contributed by atoms with van der Waals surface area (Å²) >= 11 is 6.14. The Morgan fingerprint density at radius 1 is 1.21 bits per heavy atom. The topological polar surface area (TPSA) is 126 Å². The Morgan fingerprint density at radius 3 is 2.87 bits per heavy atom. The van der Waals surface area contributed by atoms with Crippen molar-refractivity contribution in [1.29, 1.82) is 0 Å². The van der Waals surface area contributed by atoms with Gasteiger partial charge in [-0.15, -0.1) is 0 Å². The lowest BCUT2D eigenvalue weighted by Gasteiger charge is -2.36. The van der Waals surface area contributed by atoms with Crippen LogP contribution in [-0.4, -0.2) is 46.6 Å². The van der Waals surface area contributed by atoms with Gasteiger partial charge in [0.1, 0.15) is 11.9 Å². The number of ether oxygens (including phenoxy) is 2. The third-order valence-electron chi connectivity index (χ3n) is 6.69. The molecule has 3 N–H and O–H groups in total. The molecule has 3 amide bonds. The Balaban J connectivity index is 1.43. The number of halogens is 1. The number of cyclic esters (lactones) is 1. The van der Waals surface area contributed by atoms with Gasteiger partial charge in [-0.05, 0) is 48.7 Å². The number of imidazole rings is 1. The lowest BCUT2D eigenvalue weighted by molar-refractivity contribution is -0.116. The average molecular weight is 550 g/mol. The molecule has 2 unspecified atom stereocenters. The molecule has 2 aromatic carbocycles. The Bertz CT molecular complexity index is 1420. The van der Waals surface area contributed by atoms with Crippen LogP contribution in [0.3, 0.4) is 0 Å². The molecule has 2 atom stereocenters. The van der Waals surface area contributed by atoms with Crippen molar-refractivity contribution >= 4 is 41.1 Å². The molecule has 0 radical (unpaired) electrons. The fourth-order valence-corrected chi connectivity index (χ4v) is 4.94. The van der Waals surface area contributed by atoms with Crippen LogP contribution < -0.4 is 10.6 Å². The van der Waals surface area contributed by atoms with E-state index in [1.165, 1.54) is 7.11 Å². The summed E-state index contributed by atoms with van der Waals surface area (Å²) in [6.07, 6.45) is 6.11. The molecule has 11 heteroatoms. The second-order valence-electron chi connectivity index (χ2n) is 9.27. The van der Waals surface area contributed by atoms with Crippen molar-refractivity contribution in [2.45, 2.75) is 37.8 Å². The van der Waals surface area contributed by atoms with Crippen LogP contribution in [0.2, 0.25) is 5.02 Å². The van der Waals surface area contributed by atoms with Crippen molar-refractivity contribution in [1.82, 2.24) is 14.9 Å². The number of anilines is 2. The second-order valence-corrected chi connectivity index (χ2v) is 9.70. The first-order valence-electron chi connectivity index (χ1n) is 12.6. The van der Waals surface area contributed by atoms with Gasteiger partial charge in [0, 0.05) is 41.9 Å². The first kappa shape index (κ1) is 26.3. The van der Waals surface area contributed by atoms with E-state index < -0.39 is 18.2 Å². The van der Waals surface area contributed by atoms with Crippen molar-refractivity contribution in [2.75, 3.05) is 24.3 Å². The van der Waals surface area contributed by atoms with Crippen LogP contribution in [-0.2, 0) is 14.3 Å². The van der Waals surface area contributed by atoms with Crippen LogP contribution in [0, 0.1) is 0 Å². The molecule has 5 rings (SSSR count). The van der Waals surface area contributed by atoms with Crippen molar-refractivity contribution in [3.8, 4) is 11.3 Å². The van der Waals surface area contributed by atoms with Crippen LogP contribution >= 0.6 is 11.6 Å². The summed E-state index contributed by atoms with van der Waals surface area (Å²) in [5, 5.41) is 6.13. The number of aromatic amines is 1. The zero-order chi connectivity index (χ0) is 27.4.